The zero-order valence-electron chi connectivity index (χ0n) is 19.2. The highest BCUT2D eigenvalue weighted by molar-refractivity contribution is 6.30. The van der Waals surface area contributed by atoms with Gasteiger partial charge in [-0.3, -0.25) is 9.59 Å². The van der Waals surface area contributed by atoms with Crippen LogP contribution in [0.15, 0.2) is 84.9 Å². The van der Waals surface area contributed by atoms with Crippen LogP contribution in [0.3, 0.4) is 0 Å². The summed E-state index contributed by atoms with van der Waals surface area (Å²) in [6.45, 7) is 4.36. The molecule has 0 saturated carbocycles. The topological polar surface area (TPSA) is 49.4 Å². The van der Waals surface area contributed by atoms with Crippen LogP contribution in [0, 0.1) is 0 Å². The Balaban J connectivity index is 1.95. The van der Waals surface area contributed by atoms with Gasteiger partial charge in [0, 0.05) is 24.0 Å². The van der Waals surface area contributed by atoms with Gasteiger partial charge in [-0.15, -0.1) is 0 Å². The molecule has 2 amide bonds. The summed E-state index contributed by atoms with van der Waals surface area (Å²) in [6.07, 6.45) is 1.44. The Kier molecular flexibility index (Phi) is 9.08. The lowest BCUT2D eigenvalue weighted by atomic mass is 10.0. The Morgan fingerprint density at radius 2 is 1.48 bits per heavy atom. The maximum Gasteiger partial charge on any atom is 0.243 e. The van der Waals surface area contributed by atoms with E-state index in [1.54, 1.807) is 17.0 Å². The van der Waals surface area contributed by atoms with Crippen LogP contribution in [0.5, 0.6) is 0 Å². The van der Waals surface area contributed by atoms with Gasteiger partial charge in [-0.05, 0) is 42.2 Å². The standard InChI is InChI=1S/C28H31ClN2O2/c1-3-21(2)30-28(33)26(18-22-11-6-4-7-12-22)31(20-23-13-8-5-9-14-23)27(32)19-24-15-10-16-25(29)17-24/h4-17,21,26H,3,18-20H2,1-2H3,(H,30,33)/t21-,26+/m1/s1. The van der Waals surface area contributed by atoms with E-state index in [0.29, 0.717) is 18.0 Å². The molecule has 0 fully saturated rings. The minimum atomic E-state index is -0.631. The molecule has 4 nitrogen and oxygen atoms in total. The maximum absolute atomic E-state index is 13.6. The minimum Gasteiger partial charge on any atom is -0.352 e. The molecule has 0 aliphatic rings. The Hall–Kier alpha value is -3.11. The number of benzene rings is 3. The van der Waals surface area contributed by atoms with E-state index in [2.05, 4.69) is 5.32 Å². The molecule has 33 heavy (non-hydrogen) atoms. The molecule has 172 valence electrons. The van der Waals surface area contributed by atoms with Gasteiger partial charge in [-0.25, -0.2) is 0 Å². The Morgan fingerprint density at radius 3 is 2.09 bits per heavy atom. The predicted molar refractivity (Wildman–Crippen MR) is 134 cm³/mol. The summed E-state index contributed by atoms with van der Waals surface area (Å²) in [4.78, 5) is 28.8. The lowest BCUT2D eigenvalue weighted by Crippen LogP contribution is -2.52. The molecule has 3 aromatic carbocycles. The second-order valence-corrected chi connectivity index (χ2v) is 8.77. The van der Waals surface area contributed by atoms with E-state index in [4.69, 9.17) is 11.6 Å². The summed E-state index contributed by atoms with van der Waals surface area (Å²) in [5, 5.41) is 3.68. The molecular formula is C28H31ClN2O2. The summed E-state index contributed by atoms with van der Waals surface area (Å²) in [7, 11) is 0. The van der Waals surface area contributed by atoms with Gasteiger partial charge >= 0.3 is 0 Å². The highest BCUT2D eigenvalue weighted by atomic mass is 35.5. The first kappa shape index (κ1) is 24.5. The number of amides is 2. The van der Waals surface area contributed by atoms with Crippen molar-refractivity contribution in [2.45, 2.75) is 51.7 Å². The molecule has 0 aliphatic carbocycles. The lowest BCUT2D eigenvalue weighted by molar-refractivity contribution is -0.141. The van der Waals surface area contributed by atoms with Crippen LogP contribution in [-0.2, 0) is 29.0 Å². The normalized spacial score (nSPS) is 12.6. The van der Waals surface area contributed by atoms with E-state index in [1.807, 2.05) is 86.6 Å². The van der Waals surface area contributed by atoms with Gasteiger partial charge < -0.3 is 10.2 Å². The number of carbonyl (C=O) groups excluding carboxylic acids is 2. The van der Waals surface area contributed by atoms with Gasteiger partial charge in [-0.2, -0.15) is 0 Å². The smallest absolute Gasteiger partial charge is 0.243 e. The van der Waals surface area contributed by atoms with Crippen molar-refractivity contribution < 1.29 is 9.59 Å². The second kappa shape index (κ2) is 12.2. The molecule has 0 aliphatic heterocycles. The first-order valence-corrected chi connectivity index (χ1v) is 11.8. The van der Waals surface area contributed by atoms with Crippen LogP contribution in [0.1, 0.15) is 37.0 Å². The summed E-state index contributed by atoms with van der Waals surface area (Å²) in [6, 6.07) is 26.3. The van der Waals surface area contributed by atoms with E-state index in [0.717, 1.165) is 23.1 Å². The monoisotopic (exact) mass is 462 g/mol. The van der Waals surface area contributed by atoms with E-state index >= 15 is 0 Å². The van der Waals surface area contributed by atoms with Crippen LogP contribution >= 0.6 is 11.6 Å². The van der Waals surface area contributed by atoms with Gasteiger partial charge in [0.1, 0.15) is 6.04 Å². The van der Waals surface area contributed by atoms with Crippen molar-refractivity contribution in [3.63, 3.8) is 0 Å². The molecule has 3 aromatic rings. The fraction of sp³-hybridized carbons (Fsp3) is 0.286. The number of halogens is 1. The van der Waals surface area contributed by atoms with E-state index < -0.39 is 6.04 Å². The molecule has 5 heteroatoms. The Morgan fingerprint density at radius 1 is 0.879 bits per heavy atom. The van der Waals surface area contributed by atoms with Crippen LogP contribution in [0.25, 0.3) is 0 Å². The summed E-state index contributed by atoms with van der Waals surface area (Å²) >= 11 is 6.14. The molecule has 0 saturated heterocycles. The van der Waals surface area contributed by atoms with Crippen molar-refractivity contribution in [3.8, 4) is 0 Å². The minimum absolute atomic E-state index is 0.0254. The molecule has 0 aromatic heterocycles. The number of nitrogens with zero attached hydrogens (tertiary/aromatic N) is 1. The highest BCUT2D eigenvalue weighted by Crippen LogP contribution is 2.18. The summed E-state index contributed by atoms with van der Waals surface area (Å²) in [5.74, 6) is -0.245. The molecule has 0 bridgehead atoms. The third kappa shape index (κ3) is 7.47. The molecular weight excluding hydrogens is 432 g/mol. The third-order valence-corrected chi connectivity index (χ3v) is 5.95. The van der Waals surface area contributed by atoms with Gasteiger partial charge in [-0.1, -0.05) is 91.3 Å². The number of nitrogens with one attached hydrogen (secondary N) is 1. The number of rotatable bonds is 10. The molecule has 2 atom stereocenters. The SMILES string of the molecule is CC[C@@H](C)NC(=O)[C@H](Cc1ccccc1)N(Cc1ccccc1)C(=O)Cc1cccc(Cl)c1. The second-order valence-electron chi connectivity index (χ2n) is 8.34. The predicted octanol–water partition coefficient (Wildman–Crippen LogP) is 5.44. The van der Waals surface area contributed by atoms with Crippen molar-refractivity contribution in [1.29, 1.82) is 0 Å². The fourth-order valence-corrected chi connectivity index (χ4v) is 3.91. The average molecular weight is 463 g/mol. The van der Waals surface area contributed by atoms with Crippen molar-refractivity contribution >= 4 is 23.4 Å². The summed E-state index contributed by atoms with van der Waals surface area (Å²) < 4.78 is 0. The molecule has 3 rings (SSSR count). The van der Waals surface area contributed by atoms with Gasteiger partial charge in [0.15, 0.2) is 0 Å². The molecule has 0 unspecified atom stereocenters. The van der Waals surface area contributed by atoms with E-state index in [9.17, 15) is 9.59 Å². The van der Waals surface area contributed by atoms with Crippen molar-refractivity contribution in [3.05, 3.63) is 107 Å². The van der Waals surface area contributed by atoms with Gasteiger partial charge in [0.25, 0.3) is 0 Å². The summed E-state index contributed by atoms with van der Waals surface area (Å²) in [5.41, 5.74) is 2.81. The largest absolute Gasteiger partial charge is 0.352 e. The van der Waals surface area contributed by atoms with Crippen LogP contribution < -0.4 is 5.32 Å². The van der Waals surface area contributed by atoms with Crippen LogP contribution in [0.2, 0.25) is 5.02 Å². The average Bonchev–Trinajstić information content (AvgIpc) is 2.82. The number of hydrogen-bond donors (Lipinski definition) is 1. The van der Waals surface area contributed by atoms with Crippen molar-refractivity contribution in [2.24, 2.45) is 0 Å². The zero-order valence-corrected chi connectivity index (χ0v) is 20.0. The van der Waals surface area contributed by atoms with E-state index in [-0.39, 0.29) is 24.3 Å². The Labute approximate surface area is 201 Å². The first-order valence-electron chi connectivity index (χ1n) is 11.4. The lowest BCUT2D eigenvalue weighted by Gasteiger charge is -2.32. The van der Waals surface area contributed by atoms with Crippen molar-refractivity contribution in [1.82, 2.24) is 10.2 Å². The number of carbonyl (C=O) groups is 2. The molecule has 0 spiro atoms. The van der Waals surface area contributed by atoms with E-state index in [1.165, 1.54) is 0 Å². The quantitative estimate of drug-likeness (QED) is 0.436. The van der Waals surface area contributed by atoms with Crippen molar-refractivity contribution in [2.75, 3.05) is 0 Å². The number of hydrogen-bond acceptors (Lipinski definition) is 2. The fourth-order valence-electron chi connectivity index (χ4n) is 3.70. The Bertz CT molecular complexity index is 1040. The molecule has 1 N–H and O–H groups in total. The van der Waals surface area contributed by atoms with Crippen LogP contribution in [0.4, 0.5) is 0 Å². The molecule has 0 radical (unpaired) electrons. The highest BCUT2D eigenvalue weighted by Gasteiger charge is 2.31. The van der Waals surface area contributed by atoms with Gasteiger partial charge in [0.05, 0.1) is 6.42 Å². The molecule has 0 heterocycles. The third-order valence-electron chi connectivity index (χ3n) is 5.71. The first-order chi connectivity index (χ1) is 16.0. The van der Waals surface area contributed by atoms with Gasteiger partial charge in [0.2, 0.25) is 11.8 Å². The maximum atomic E-state index is 13.6. The zero-order chi connectivity index (χ0) is 23.6. The van der Waals surface area contributed by atoms with Crippen LogP contribution in [-0.4, -0.2) is 28.8 Å².